The van der Waals surface area contributed by atoms with Crippen molar-refractivity contribution in [3.63, 3.8) is 0 Å². The lowest BCUT2D eigenvalue weighted by atomic mass is 10.0. The fourth-order valence-electron chi connectivity index (χ4n) is 3.97. The molecule has 0 saturated heterocycles. The quantitative estimate of drug-likeness (QED) is 0.472. The van der Waals surface area contributed by atoms with Gasteiger partial charge >= 0.3 is 0 Å². The van der Waals surface area contributed by atoms with Crippen molar-refractivity contribution in [1.82, 2.24) is 20.1 Å². The average molecular weight is 447 g/mol. The number of aryl methyl sites for hydroxylation is 1. The van der Waals surface area contributed by atoms with Gasteiger partial charge in [-0.2, -0.15) is 5.10 Å². The van der Waals surface area contributed by atoms with Crippen LogP contribution in [0, 0.1) is 6.92 Å². The lowest BCUT2D eigenvalue weighted by Crippen LogP contribution is -2.26. The molecular formula is C25H26N4O4. The Kier molecular flexibility index (Phi) is 5.28. The number of furan rings is 1. The molecule has 8 nitrogen and oxygen atoms in total. The molecule has 33 heavy (non-hydrogen) atoms. The number of hydrogen-bond acceptors (Lipinski definition) is 6. The fraction of sp³-hybridized carbons (Fsp3) is 0.320. The molecule has 1 aromatic carbocycles. The van der Waals surface area contributed by atoms with Gasteiger partial charge in [-0.25, -0.2) is 9.67 Å². The molecule has 0 spiro atoms. The zero-order valence-corrected chi connectivity index (χ0v) is 19.1. The van der Waals surface area contributed by atoms with Crippen molar-refractivity contribution >= 4 is 16.9 Å². The van der Waals surface area contributed by atoms with Gasteiger partial charge < -0.3 is 19.2 Å². The van der Waals surface area contributed by atoms with Crippen molar-refractivity contribution in [3.05, 3.63) is 59.7 Å². The predicted molar refractivity (Wildman–Crippen MR) is 124 cm³/mol. The second kappa shape index (κ2) is 8.27. The molecule has 0 saturated carbocycles. The van der Waals surface area contributed by atoms with Crippen molar-refractivity contribution < 1.29 is 18.7 Å². The van der Waals surface area contributed by atoms with Crippen LogP contribution in [0.3, 0.4) is 0 Å². The molecular weight excluding hydrogens is 420 g/mol. The molecule has 8 heteroatoms. The zero-order valence-electron chi connectivity index (χ0n) is 19.1. The molecule has 1 N–H and O–H groups in total. The number of benzene rings is 1. The smallest absolute Gasteiger partial charge is 0.252 e. The summed E-state index contributed by atoms with van der Waals surface area (Å²) >= 11 is 0. The van der Waals surface area contributed by atoms with E-state index >= 15 is 0 Å². The van der Waals surface area contributed by atoms with E-state index in [1.807, 2.05) is 62.7 Å². The first-order chi connectivity index (χ1) is 15.9. The van der Waals surface area contributed by atoms with Crippen LogP contribution in [0.15, 0.2) is 47.0 Å². The van der Waals surface area contributed by atoms with Crippen molar-refractivity contribution in [2.45, 2.75) is 39.8 Å². The normalized spacial score (nSPS) is 14.0. The van der Waals surface area contributed by atoms with Crippen LogP contribution < -0.4 is 14.8 Å². The van der Waals surface area contributed by atoms with E-state index in [1.165, 1.54) is 0 Å². The van der Waals surface area contributed by atoms with Crippen molar-refractivity contribution in [1.29, 1.82) is 0 Å². The molecule has 0 aliphatic carbocycles. The number of aromatic nitrogens is 3. The lowest BCUT2D eigenvalue weighted by Gasteiger charge is -2.19. The van der Waals surface area contributed by atoms with Crippen LogP contribution in [0.25, 0.3) is 22.3 Å². The summed E-state index contributed by atoms with van der Waals surface area (Å²) in [5.74, 6) is 2.67. The largest absolute Gasteiger partial charge is 0.486 e. The number of nitrogens with zero attached hydrogens (tertiary/aromatic N) is 3. The van der Waals surface area contributed by atoms with E-state index in [4.69, 9.17) is 18.9 Å². The van der Waals surface area contributed by atoms with Gasteiger partial charge in [0.05, 0.1) is 28.9 Å². The van der Waals surface area contributed by atoms with E-state index in [9.17, 15) is 4.79 Å². The van der Waals surface area contributed by atoms with Gasteiger partial charge in [-0.1, -0.05) is 0 Å². The second-order valence-corrected chi connectivity index (χ2v) is 8.48. The standard InChI is InChI=1S/C25H26N4O4/c1-14(2)29-24-19(13-26-29)18(25(30)27-16(4)21-7-5-15(3)33-21)12-20(28-24)17-6-8-22-23(11-17)32-10-9-31-22/h5-8,11-14,16H,9-10H2,1-4H3,(H,27,30). The maximum atomic E-state index is 13.4. The number of pyridine rings is 1. The molecule has 1 amide bonds. The Morgan fingerprint density at radius 2 is 1.85 bits per heavy atom. The summed E-state index contributed by atoms with van der Waals surface area (Å²) in [4.78, 5) is 18.2. The summed E-state index contributed by atoms with van der Waals surface area (Å²) in [6.07, 6.45) is 1.70. The number of ether oxygens (including phenoxy) is 2. The van der Waals surface area contributed by atoms with Gasteiger partial charge in [0.15, 0.2) is 17.1 Å². The minimum atomic E-state index is -0.285. The minimum absolute atomic E-state index is 0.0893. The van der Waals surface area contributed by atoms with Crippen LogP contribution in [0.4, 0.5) is 0 Å². The van der Waals surface area contributed by atoms with Crippen molar-refractivity contribution in [3.8, 4) is 22.8 Å². The summed E-state index contributed by atoms with van der Waals surface area (Å²) in [5, 5.41) is 8.24. The third-order valence-corrected chi connectivity index (χ3v) is 5.67. The van der Waals surface area contributed by atoms with Gasteiger partial charge in [0.25, 0.3) is 5.91 Å². The number of fused-ring (bicyclic) bond motifs is 2. The van der Waals surface area contributed by atoms with Gasteiger partial charge in [-0.3, -0.25) is 4.79 Å². The number of hydrogen-bond donors (Lipinski definition) is 1. The van der Waals surface area contributed by atoms with E-state index < -0.39 is 0 Å². The monoisotopic (exact) mass is 446 g/mol. The zero-order chi connectivity index (χ0) is 23.1. The third kappa shape index (κ3) is 3.92. The molecule has 1 aliphatic rings. The summed E-state index contributed by atoms with van der Waals surface area (Å²) in [6, 6.07) is 11.1. The molecule has 1 atom stereocenters. The van der Waals surface area contributed by atoms with Gasteiger partial charge in [-0.15, -0.1) is 0 Å². The number of amides is 1. The Hall–Kier alpha value is -3.81. The highest BCUT2D eigenvalue weighted by Crippen LogP contribution is 2.35. The Balaban J connectivity index is 1.58. The first kappa shape index (κ1) is 21.1. The van der Waals surface area contributed by atoms with E-state index in [0.717, 1.165) is 11.3 Å². The molecule has 4 heterocycles. The van der Waals surface area contributed by atoms with Crippen LogP contribution in [0.1, 0.15) is 54.7 Å². The highest BCUT2D eigenvalue weighted by molar-refractivity contribution is 6.06. The Bertz CT molecular complexity index is 1340. The first-order valence-corrected chi connectivity index (χ1v) is 11.1. The van der Waals surface area contributed by atoms with Crippen LogP contribution >= 0.6 is 0 Å². The third-order valence-electron chi connectivity index (χ3n) is 5.67. The molecule has 0 bridgehead atoms. The summed E-state index contributed by atoms with van der Waals surface area (Å²) < 4.78 is 18.9. The average Bonchev–Trinajstić information content (AvgIpc) is 3.44. The van der Waals surface area contributed by atoms with Crippen molar-refractivity contribution in [2.24, 2.45) is 0 Å². The molecule has 0 fully saturated rings. The molecule has 0 radical (unpaired) electrons. The SMILES string of the molecule is Cc1ccc(C(C)NC(=O)c2cc(-c3ccc4c(c3)OCCO4)nc3c2cnn3C(C)C)o1. The predicted octanol–water partition coefficient (Wildman–Crippen LogP) is 4.84. The Morgan fingerprint density at radius 1 is 1.06 bits per heavy atom. The van der Waals surface area contributed by atoms with Gasteiger partial charge in [0.2, 0.25) is 0 Å². The van der Waals surface area contributed by atoms with E-state index in [0.29, 0.717) is 52.8 Å². The van der Waals surface area contributed by atoms with Crippen molar-refractivity contribution in [2.75, 3.05) is 13.2 Å². The molecule has 170 valence electrons. The topological polar surface area (TPSA) is 91.4 Å². The number of carbonyl (C=O) groups is 1. The van der Waals surface area contributed by atoms with Crippen LogP contribution in [0.2, 0.25) is 0 Å². The minimum Gasteiger partial charge on any atom is -0.486 e. The first-order valence-electron chi connectivity index (χ1n) is 11.1. The summed E-state index contributed by atoms with van der Waals surface area (Å²) in [6.45, 7) is 8.87. The van der Waals surface area contributed by atoms with E-state index in [-0.39, 0.29) is 18.0 Å². The maximum absolute atomic E-state index is 13.4. The summed E-state index contributed by atoms with van der Waals surface area (Å²) in [5.41, 5.74) is 2.66. The lowest BCUT2D eigenvalue weighted by molar-refractivity contribution is 0.0936. The molecule has 1 unspecified atom stereocenters. The van der Waals surface area contributed by atoms with E-state index in [1.54, 1.807) is 12.3 Å². The number of nitrogens with one attached hydrogen (secondary N) is 1. The van der Waals surface area contributed by atoms with Crippen LogP contribution in [0.5, 0.6) is 11.5 Å². The van der Waals surface area contributed by atoms with Crippen LogP contribution in [-0.4, -0.2) is 33.9 Å². The van der Waals surface area contributed by atoms with Gasteiger partial charge in [-0.05, 0) is 64.1 Å². The van der Waals surface area contributed by atoms with E-state index in [2.05, 4.69) is 10.4 Å². The molecule has 3 aromatic heterocycles. The Morgan fingerprint density at radius 3 is 2.58 bits per heavy atom. The highest BCUT2D eigenvalue weighted by atomic mass is 16.6. The fourth-order valence-corrected chi connectivity index (χ4v) is 3.97. The van der Waals surface area contributed by atoms with Gasteiger partial charge in [0, 0.05) is 11.6 Å². The van der Waals surface area contributed by atoms with Gasteiger partial charge in [0.1, 0.15) is 24.7 Å². The Labute approximate surface area is 191 Å². The molecule has 5 rings (SSSR count). The highest BCUT2D eigenvalue weighted by Gasteiger charge is 2.22. The number of carbonyl (C=O) groups excluding carboxylic acids is 1. The van der Waals surface area contributed by atoms with Crippen LogP contribution in [-0.2, 0) is 0 Å². The molecule has 1 aliphatic heterocycles. The number of rotatable bonds is 5. The summed E-state index contributed by atoms with van der Waals surface area (Å²) in [7, 11) is 0. The maximum Gasteiger partial charge on any atom is 0.252 e. The molecule has 4 aromatic rings. The second-order valence-electron chi connectivity index (χ2n) is 8.48.